The summed E-state index contributed by atoms with van der Waals surface area (Å²) in [6.45, 7) is 31.5. The average molecular weight is 711 g/mol. The predicted molar refractivity (Wildman–Crippen MR) is 178 cm³/mol. The van der Waals surface area contributed by atoms with Gasteiger partial charge in [-0.3, -0.25) is 0 Å². The van der Waals surface area contributed by atoms with Crippen molar-refractivity contribution >= 4 is 0 Å². The van der Waals surface area contributed by atoms with Crippen LogP contribution in [-0.4, -0.2) is 0 Å². The number of rotatable bonds is 2. The van der Waals surface area contributed by atoms with Gasteiger partial charge in [0.05, 0.1) is 0 Å². The van der Waals surface area contributed by atoms with Gasteiger partial charge >= 0.3 is 264 Å². The molecule has 6 aliphatic carbocycles. The molecule has 9 unspecified atom stereocenters. The Kier molecular flexibility index (Phi) is 7.67. The molecule has 7 aliphatic rings. The molecule has 0 aromatic heterocycles. The fourth-order valence-corrected chi connectivity index (χ4v) is 33.1. The second-order valence-electron chi connectivity index (χ2n) is 17.9. The average Bonchev–Trinajstić information content (AvgIpc) is 3.56. The molecule has 3 fully saturated rings. The Hall–Kier alpha value is -0.617. The quantitative estimate of drug-likeness (QED) is 0.336. The summed E-state index contributed by atoms with van der Waals surface area (Å²) in [5, 5.41) is 0. The molecule has 0 bridgehead atoms. The molecule has 238 valence electrons. The molecule has 2 saturated carbocycles. The van der Waals surface area contributed by atoms with Crippen LogP contribution in [0.1, 0.15) is 89.5 Å². The van der Waals surface area contributed by atoms with E-state index < -0.39 is 20.3 Å². The standard InChI is InChI=1S/C29H37.C10H15.C2H4.2ClH.Zr/c1-21-14-13-15-22-20-27(6)25(4)18-10-9-16-23(25,2)24(3)17-11-12-19-26(24,5)29(27,8)28(21,22)7;1-8-6-5-7-9(8)10(2,3)4;1-2;;;/h9-20,22H,1-8H3;6H,5H2,1-4H3;1-2H2;2*1H;/q;;;;;+2/p-2. The van der Waals surface area contributed by atoms with Crippen LogP contribution in [0.15, 0.2) is 92.9 Å². The van der Waals surface area contributed by atoms with Crippen molar-refractivity contribution in [2.24, 2.45) is 49.2 Å². The number of fused-ring (bicyclic) bond motifs is 8. The monoisotopic (exact) mass is 708 g/mol. The summed E-state index contributed by atoms with van der Waals surface area (Å²) in [4.78, 5) is 0. The summed E-state index contributed by atoms with van der Waals surface area (Å²) in [5.41, 5.74) is 5.41. The van der Waals surface area contributed by atoms with Crippen molar-refractivity contribution in [2.45, 2.75) is 101 Å². The van der Waals surface area contributed by atoms with Crippen LogP contribution in [0.3, 0.4) is 0 Å². The molecule has 3 heteroatoms. The molecule has 0 radical (unpaired) electrons. The van der Waals surface area contributed by atoms with Gasteiger partial charge in [-0.15, -0.1) is 0 Å². The molecular weight excluding hydrogens is 655 g/mol. The minimum Gasteiger partial charge on any atom is -1.00 e. The zero-order valence-corrected chi connectivity index (χ0v) is 33.4. The molecule has 7 rings (SSSR count). The van der Waals surface area contributed by atoms with Crippen LogP contribution < -0.4 is 24.8 Å². The van der Waals surface area contributed by atoms with Gasteiger partial charge in [-0.05, 0) is 0 Å². The van der Waals surface area contributed by atoms with Crippen molar-refractivity contribution in [1.82, 2.24) is 0 Å². The van der Waals surface area contributed by atoms with Crippen LogP contribution in [0, 0.1) is 49.2 Å². The van der Waals surface area contributed by atoms with Crippen LogP contribution in [0.5, 0.6) is 0 Å². The van der Waals surface area contributed by atoms with Gasteiger partial charge in [0.25, 0.3) is 0 Å². The first-order valence-corrected chi connectivity index (χ1v) is 23.0. The maximum absolute atomic E-state index is 2.90. The molecule has 0 aromatic carbocycles. The molecule has 0 aromatic rings. The van der Waals surface area contributed by atoms with Gasteiger partial charge in [-0.2, -0.15) is 0 Å². The maximum atomic E-state index is 2.85. The molecule has 1 heterocycles. The third-order valence-electron chi connectivity index (χ3n) is 16.5. The Morgan fingerprint density at radius 3 is 1.73 bits per heavy atom. The summed E-state index contributed by atoms with van der Waals surface area (Å²) in [6.07, 6.45) is 31.8. The molecule has 1 aliphatic heterocycles. The molecule has 0 N–H and O–H groups in total. The van der Waals surface area contributed by atoms with Crippen LogP contribution in [-0.2, 0) is 20.3 Å². The number of hydrogen-bond acceptors (Lipinski definition) is 0. The Labute approximate surface area is 286 Å². The van der Waals surface area contributed by atoms with Gasteiger partial charge in [-0.1, -0.05) is 0 Å². The van der Waals surface area contributed by atoms with Gasteiger partial charge in [0.15, 0.2) is 0 Å². The Bertz CT molecular complexity index is 1540. The second kappa shape index (κ2) is 9.73. The first kappa shape index (κ1) is 34.7. The van der Waals surface area contributed by atoms with Crippen LogP contribution in [0.25, 0.3) is 0 Å². The van der Waals surface area contributed by atoms with E-state index in [1.54, 1.807) is 25.0 Å². The largest absolute Gasteiger partial charge is 1.00 e. The minimum absolute atomic E-state index is 0. The van der Waals surface area contributed by atoms with Gasteiger partial charge in [0.1, 0.15) is 0 Å². The Morgan fingerprint density at radius 1 is 0.705 bits per heavy atom. The molecule has 0 amide bonds. The van der Waals surface area contributed by atoms with E-state index in [1.807, 2.05) is 3.28 Å². The minimum atomic E-state index is -2.90. The summed E-state index contributed by atoms with van der Waals surface area (Å²) in [6, 6.07) is 0. The van der Waals surface area contributed by atoms with Crippen LogP contribution in [0.2, 0.25) is 11.9 Å². The zero-order valence-electron chi connectivity index (χ0n) is 29.5. The van der Waals surface area contributed by atoms with Crippen molar-refractivity contribution in [2.75, 3.05) is 0 Å². The maximum Gasteiger partial charge on any atom is -1.00 e. The van der Waals surface area contributed by atoms with Crippen LogP contribution >= 0.6 is 0 Å². The fourth-order valence-electron chi connectivity index (χ4n) is 13.8. The number of halogens is 2. The SMILES string of the molecule is CC1=CC[C]([Zr+2]2([CH]3C4C=CC=C(C)C4(C)C4(C)C5(C)C=CC=CC5(C)C5(C)C=CC=CC5(C)C34C)[CH2][CH2]2)=C1C(C)(C)C.[Cl-].[Cl-]. The van der Waals surface area contributed by atoms with Crippen molar-refractivity contribution in [3.8, 4) is 0 Å². The molecule has 0 nitrogen and oxygen atoms in total. The first-order valence-electron chi connectivity index (χ1n) is 16.9. The van der Waals surface area contributed by atoms with Crippen molar-refractivity contribution < 1.29 is 45.1 Å². The number of allylic oxidation sites excluding steroid dienone is 16. The Balaban J connectivity index is 0.00000192. The fraction of sp³-hybridized carbons (Fsp3) is 0.610. The van der Waals surface area contributed by atoms with Gasteiger partial charge < -0.3 is 24.8 Å². The van der Waals surface area contributed by atoms with E-state index in [0.717, 1.165) is 3.63 Å². The Morgan fingerprint density at radius 2 is 1.20 bits per heavy atom. The smallest absolute Gasteiger partial charge is 1.00 e. The van der Waals surface area contributed by atoms with Gasteiger partial charge in [0.2, 0.25) is 0 Å². The molecule has 44 heavy (non-hydrogen) atoms. The second-order valence-corrected chi connectivity index (χ2v) is 29.0. The van der Waals surface area contributed by atoms with E-state index >= 15 is 0 Å². The van der Waals surface area contributed by atoms with Crippen LogP contribution in [0.4, 0.5) is 0 Å². The van der Waals surface area contributed by atoms with E-state index in [9.17, 15) is 0 Å². The van der Waals surface area contributed by atoms with E-state index in [2.05, 4.69) is 156 Å². The van der Waals surface area contributed by atoms with Gasteiger partial charge in [-0.25, -0.2) is 0 Å². The third kappa shape index (κ3) is 3.24. The molecule has 0 spiro atoms. The zero-order chi connectivity index (χ0) is 30.6. The normalized spacial score (nSPS) is 48.1. The van der Waals surface area contributed by atoms with E-state index in [1.165, 1.54) is 6.42 Å². The predicted octanol–water partition coefficient (Wildman–Crippen LogP) is 5.89. The summed E-state index contributed by atoms with van der Waals surface area (Å²) in [7, 11) is 0. The number of hydrogen-bond donors (Lipinski definition) is 0. The summed E-state index contributed by atoms with van der Waals surface area (Å²) < 4.78 is 5.85. The third-order valence-corrected chi connectivity index (χ3v) is 29.7. The van der Waals surface area contributed by atoms with E-state index in [4.69, 9.17) is 0 Å². The summed E-state index contributed by atoms with van der Waals surface area (Å²) in [5.74, 6) is 0.587. The van der Waals surface area contributed by atoms with Gasteiger partial charge in [0, 0.05) is 0 Å². The first-order chi connectivity index (χ1) is 19.4. The molecular formula is C41H56Cl2Zr. The summed E-state index contributed by atoms with van der Waals surface area (Å²) >= 11 is -2.90. The van der Waals surface area contributed by atoms with E-state index in [0.29, 0.717) is 5.92 Å². The molecule has 9 atom stereocenters. The van der Waals surface area contributed by atoms with Crippen molar-refractivity contribution in [3.05, 3.63) is 92.9 Å². The topological polar surface area (TPSA) is 0 Å². The van der Waals surface area contributed by atoms with Crippen molar-refractivity contribution in [3.63, 3.8) is 0 Å². The van der Waals surface area contributed by atoms with Crippen molar-refractivity contribution in [1.29, 1.82) is 0 Å². The van der Waals surface area contributed by atoms with E-state index in [-0.39, 0.29) is 68.1 Å². The molecule has 1 saturated heterocycles.